The number of carboxylic acid groups (broad SMARTS) is 1. The van der Waals surface area contributed by atoms with Crippen LogP contribution in [0.4, 0.5) is 0 Å². The van der Waals surface area contributed by atoms with Gasteiger partial charge in [-0.3, -0.25) is 14.4 Å². The van der Waals surface area contributed by atoms with E-state index in [-0.39, 0.29) is 30.3 Å². The van der Waals surface area contributed by atoms with E-state index in [0.29, 0.717) is 22.3 Å². The molecule has 0 aromatic heterocycles. The Morgan fingerprint density at radius 3 is 2.09 bits per heavy atom. The van der Waals surface area contributed by atoms with Crippen molar-refractivity contribution in [3.8, 4) is 0 Å². The molecule has 0 bridgehead atoms. The van der Waals surface area contributed by atoms with E-state index in [1.54, 1.807) is 20.8 Å². The second-order valence-corrected chi connectivity index (χ2v) is 5.84. The summed E-state index contributed by atoms with van der Waals surface area (Å²) in [7, 11) is 0. The van der Waals surface area contributed by atoms with Crippen LogP contribution in [0.1, 0.15) is 45.1 Å². The van der Waals surface area contributed by atoms with Crippen molar-refractivity contribution in [2.75, 3.05) is 0 Å². The standard InChI is InChI=1S/C19H20O4/c1-11-12(2)19(23)17(13(3)18(11)22)15(9-10-16(20)21)14-7-5-4-6-8-14/h4-8,15H,9-10H2,1-3H3,(H,20,21). The van der Waals surface area contributed by atoms with Crippen LogP contribution in [-0.2, 0) is 14.4 Å². The second-order valence-electron chi connectivity index (χ2n) is 5.84. The topological polar surface area (TPSA) is 71.4 Å². The molecule has 0 heterocycles. The molecule has 1 atom stereocenters. The van der Waals surface area contributed by atoms with E-state index in [1.807, 2.05) is 30.3 Å². The highest BCUT2D eigenvalue weighted by molar-refractivity contribution is 6.25. The highest BCUT2D eigenvalue weighted by atomic mass is 16.4. The van der Waals surface area contributed by atoms with Crippen LogP contribution in [0.3, 0.4) is 0 Å². The van der Waals surface area contributed by atoms with Crippen LogP contribution >= 0.6 is 0 Å². The number of carboxylic acids is 1. The van der Waals surface area contributed by atoms with Crippen molar-refractivity contribution < 1.29 is 19.5 Å². The van der Waals surface area contributed by atoms with Gasteiger partial charge in [-0.15, -0.1) is 0 Å². The van der Waals surface area contributed by atoms with Crippen LogP contribution in [0.5, 0.6) is 0 Å². The summed E-state index contributed by atoms with van der Waals surface area (Å²) < 4.78 is 0. The largest absolute Gasteiger partial charge is 0.481 e. The minimum Gasteiger partial charge on any atom is -0.481 e. The molecule has 0 saturated heterocycles. The van der Waals surface area contributed by atoms with Crippen molar-refractivity contribution in [2.45, 2.75) is 39.5 Å². The lowest BCUT2D eigenvalue weighted by molar-refractivity contribution is -0.137. The third kappa shape index (κ3) is 3.31. The summed E-state index contributed by atoms with van der Waals surface area (Å²) in [6.07, 6.45) is 0.233. The molecule has 0 saturated carbocycles. The van der Waals surface area contributed by atoms with E-state index in [4.69, 9.17) is 5.11 Å². The molecule has 0 spiro atoms. The summed E-state index contributed by atoms with van der Waals surface area (Å²) in [5, 5.41) is 9.01. The van der Waals surface area contributed by atoms with Gasteiger partial charge in [0, 0.05) is 34.6 Å². The fourth-order valence-electron chi connectivity index (χ4n) is 2.97. The fourth-order valence-corrected chi connectivity index (χ4v) is 2.97. The van der Waals surface area contributed by atoms with E-state index in [0.717, 1.165) is 5.56 Å². The first-order chi connectivity index (χ1) is 10.8. The van der Waals surface area contributed by atoms with E-state index >= 15 is 0 Å². The Hall–Kier alpha value is -2.49. The summed E-state index contributed by atoms with van der Waals surface area (Å²) in [6, 6.07) is 9.29. The molecular formula is C19H20O4. The van der Waals surface area contributed by atoms with Crippen molar-refractivity contribution >= 4 is 17.5 Å². The Labute approximate surface area is 135 Å². The number of allylic oxidation sites excluding steroid dienone is 4. The number of hydrogen-bond acceptors (Lipinski definition) is 3. The molecule has 0 aliphatic heterocycles. The molecule has 4 nitrogen and oxygen atoms in total. The summed E-state index contributed by atoms with van der Waals surface area (Å²) in [5.74, 6) is -1.58. The maximum atomic E-state index is 12.7. The van der Waals surface area contributed by atoms with Gasteiger partial charge in [0.15, 0.2) is 11.6 Å². The molecule has 1 aliphatic carbocycles. The van der Waals surface area contributed by atoms with Crippen molar-refractivity contribution in [3.05, 3.63) is 58.2 Å². The molecular weight excluding hydrogens is 292 g/mol. The Morgan fingerprint density at radius 2 is 1.52 bits per heavy atom. The molecule has 1 N–H and O–H groups in total. The van der Waals surface area contributed by atoms with Crippen LogP contribution in [0.25, 0.3) is 0 Å². The van der Waals surface area contributed by atoms with E-state index < -0.39 is 5.97 Å². The number of aliphatic carboxylic acids is 1. The maximum absolute atomic E-state index is 12.7. The predicted molar refractivity (Wildman–Crippen MR) is 87.1 cm³/mol. The molecule has 4 heteroatoms. The first-order valence-corrected chi connectivity index (χ1v) is 7.59. The van der Waals surface area contributed by atoms with E-state index in [2.05, 4.69) is 0 Å². The second kappa shape index (κ2) is 6.73. The van der Waals surface area contributed by atoms with Gasteiger partial charge in [0.1, 0.15) is 0 Å². The molecule has 1 aromatic rings. The van der Waals surface area contributed by atoms with Gasteiger partial charge in [0.25, 0.3) is 0 Å². The Kier molecular flexibility index (Phi) is 4.94. The summed E-state index contributed by atoms with van der Waals surface area (Å²) in [4.78, 5) is 36.1. The van der Waals surface area contributed by atoms with Gasteiger partial charge in [-0.25, -0.2) is 0 Å². The zero-order chi connectivity index (χ0) is 17.1. The minimum atomic E-state index is -0.915. The number of ketones is 2. The fraction of sp³-hybridized carbons (Fsp3) is 0.316. The highest BCUT2D eigenvalue weighted by Gasteiger charge is 2.33. The highest BCUT2D eigenvalue weighted by Crippen LogP contribution is 2.37. The van der Waals surface area contributed by atoms with Crippen LogP contribution in [0, 0.1) is 0 Å². The van der Waals surface area contributed by atoms with E-state index in [9.17, 15) is 14.4 Å². The molecule has 120 valence electrons. The van der Waals surface area contributed by atoms with Gasteiger partial charge in [0.05, 0.1) is 0 Å². The minimum absolute atomic E-state index is 0.0560. The van der Waals surface area contributed by atoms with Crippen molar-refractivity contribution in [1.82, 2.24) is 0 Å². The lowest BCUT2D eigenvalue weighted by atomic mass is 9.76. The smallest absolute Gasteiger partial charge is 0.303 e. The van der Waals surface area contributed by atoms with Gasteiger partial charge >= 0.3 is 5.97 Å². The third-order valence-corrected chi connectivity index (χ3v) is 4.43. The predicted octanol–water partition coefficient (Wildman–Crippen LogP) is 3.44. The summed E-state index contributed by atoms with van der Waals surface area (Å²) >= 11 is 0. The van der Waals surface area contributed by atoms with Crippen LogP contribution < -0.4 is 0 Å². The van der Waals surface area contributed by atoms with Crippen molar-refractivity contribution in [3.63, 3.8) is 0 Å². The van der Waals surface area contributed by atoms with Gasteiger partial charge in [-0.05, 0) is 32.8 Å². The monoisotopic (exact) mass is 312 g/mol. The average molecular weight is 312 g/mol. The number of carbonyl (C=O) groups is 3. The molecule has 2 rings (SSSR count). The molecule has 1 aromatic carbocycles. The maximum Gasteiger partial charge on any atom is 0.303 e. The average Bonchev–Trinajstić information content (AvgIpc) is 2.54. The van der Waals surface area contributed by atoms with Crippen LogP contribution in [0.2, 0.25) is 0 Å². The van der Waals surface area contributed by atoms with Crippen LogP contribution in [-0.4, -0.2) is 22.6 Å². The van der Waals surface area contributed by atoms with Gasteiger partial charge < -0.3 is 5.11 Å². The Balaban J connectivity index is 2.52. The molecule has 0 fully saturated rings. The van der Waals surface area contributed by atoms with Gasteiger partial charge in [0.2, 0.25) is 0 Å². The molecule has 23 heavy (non-hydrogen) atoms. The molecule has 0 amide bonds. The summed E-state index contributed by atoms with van der Waals surface area (Å²) in [6.45, 7) is 4.97. The molecule has 1 aliphatic rings. The number of carbonyl (C=O) groups excluding carboxylic acids is 2. The number of rotatable bonds is 5. The Morgan fingerprint density at radius 1 is 0.957 bits per heavy atom. The zero-order valence-electron chi connectivity index (χ0n) is 13.6. The van der Waals surface area contributed by atoms with Gasteiger partial charge in [-0.1, -0.05) is 30.3 Å². The first-order valence-electron chi connectivity index (χ1n) is 7.59. The van der Waals surface area contributed by atoms with Gasteiger partial charge in [-0.2, -0.15) is 0 Å². The summed E-state index contributed by atoms with van der Waals surface area (Å²) in [5.41, 5.74) is 2.65. The number of Topliss-reactive ketones (excluding diaryl/α,β-unsaturated/α-hetero) is 2. The Bertz CT molecular complexity index is 723. The molecule has 0 radical (unpaired) electrons. The third-order valence-electron chi connectivity index (χ3n) is 4.43. The zero-order valence-corrected chi connectivity index (χ0v) is 13.6. The first kappa shape index (κ1) is 16.9. The van der Waals surface area contributed by atoms with E-state index in [1.165, 1.54) is 0 Å². The van der Waals surface area contributed by atoms with Crippen molar-refractivity contribution in [2.24, 2.45) is 0 Å². The SMILES string of the molecule is CC1=C(C)C(=O)C(C(CCC(=O)O)c2ccccc2)=C(C)C1=O. The lowest BCUT2D eigenvalue weighted by Crippen LogP contribution is -2.25. The quantitative estimate of drug-likeness (QED) is 0.845. The normalized spacial score (nSPS) is 16.8. The lowest BCUT2D eigenvalue weighted by Gasteiger charge is -2.26. The van der Waals surface area contributed by atoms with Crippen LogP contribution in [0.15, 0.2) is 52.6 Å². The molecule has 1 unspecified atom stereocenters. The number of benzene rings is 1. The van der Waals surface area contributed by atoms with Crippen molar-refractivity contribution in [1.29, 1.82) is 0 Å². The number of hydrogen-bond donors (Lipinski definition) is 1.